The summed E-state index contributed by atoms with van der Waals surface area (Å²) in [5, 5.41) is 11.3. The van der Waals surface area contributed by atoms with Gasteiger partial charge >= 0.3 is 5.97 Å². The molecule has 0 fully saturated rings. The molecule has 0 bridgehead atoms. The predicted octanol–water partition coefficient (Wildman–Crippen LogP) is 5.89. The van der Waals surface area contributed by atoms with Crippen LogP contribution < -0.4 is 0 Å². The molecule has 3 aromatic carbocycles. The van der Waals surface area contributed by atoms with Gasteiger partial charge in [0.15, 0.2) is 0 Å². The lowest BCUT2D eigenvalue weighted by Crippen LogP contribution is -2.01. The van der Waals surface area contributed by atoms with Crippen molar-refractivity contribution >= 4 is 27.8 Å². The van der Waals surface area contributed by atoms with Crippen LogP contribution in [0.1, 0.15) is 10.5 Å². The molecule has 140 valence electrons. The molecule has 2 aromatic heterocycles. The first kappa shape index (κ1) is 17.1. The number of pyridine rings is 1. The number of hydrogen-bond acceptors (Lipinski definition) is 2. The Bertz CT molecular complexity index is 1370. The number of hydrogen-bond donors (Lipinski definition) is 2. The monoisotopic (exact) mass is 382 g/mol. The van der Waals surface area contributed by atoms with Crippen molar-refractivity contribution in [1.82, 2.24) is 9.97 Å². The summed E-state index contributed by atoms with van der Waals surface area (Å²) in [6.45, 7) is 0. The van der Waals surface area contributed by atoms with Crippen molar-refractivity contribution in [2.45, 2.75) is 0 Å². The van der Waals surface area contributed by atoms with Crippen molar-refractivity contribution in [3.63, 3.8) is 0 Å². The standard InChI is InChI=1S/C24H15FN2O2/c25-17-11-9-15(10-12-17)14-5-7-16(8-6-14)22-23-19(13-21(27-22)24(28)29)18-3-1-2-4-20(18)26-23/h1-13,26H,(H,28,29). The van der Waals surface area contributed by atoms with E-state index in [1.165, 1.54) is 12.1 Å². The van der Waals surface area contributed by atoms with Crippen LogP contribution in [0.25, 0.3) is 44.2 Å². The lowest BCUT2D eigenvalue weighted by atomic mass is 10.0. The Labute approximate surface area is 165 Å². The van der Waals surface area contributed by atoms with E-state index in [0.29, 0.717) is 5.69 Å². The van der Waals surface area contributed by atoms with Gasteiger partial charge in [-0.3, -0.25) is 0 Å². The second kappa shape index (κ2) is 6.56. The third-order valence-corrected chi connectivity index (χ3v) is 5.05. The number of H-pyrrole nitrogens is 1. The molecule has 5 heteroatoms. The molecule has 0 saturated carbocycles. The average Bonchev–Trinajstić information content (AvgIpc) is 3.12. The molecular weight excluding hydrogens is 367 g/mol. The molecule has 0 spiro atoms. The van der Waals surface area contributed by atoms with Crippen molar-refractivity contribution < 1.29 is 14.3 Å². The zero-order valence-electron chi connectivity index (χ0n) is 15.2. The van der Waals surface area contributed by atoms with Gasteiger partial charge < -0.3 is 10.1 Å². The summed E-state index contributed by atoms with van der Waals surface area (Å²) in [6.07, 6.45) is 0. The van der Waals surface area contributed by atoms with E-state index in [2.05, 4.69) is 9.97 Å². The van der Waals surface area contributed by atoms with Crippen molar-refractivity contribution in [1.29, 1.82) is 0 Å². The Morgan fingerprint density at radius 3 is 2.14 bits per heavy atom. The van der Waals surface area contributed by atoms with Gasteiger partial charge in [0.1, 0.15) is 11.5 Å². The average molecular weight is 382 g/mol. The normalized spacial score (nSPS) is 11.2. The highest BCUT2D eigenvalue weighted by Crippen LogP contribution is 2.33. The molecule has 0 unspecified atom stereocenters. The lowest BCUT2D eigenvalue weighted by Gasteiger charge is -2.07. The van der Waals surface area contributed by atoms with Gasteiger partial charge in [0.05, 0.1) is 11.2 Å². The van der Waals surface area contributed by atoms with Crippen LogP contribution >= 0.6 is 0 Å². The van der Waals surface area contributed by atoms with E-state index in [0.717, 1.165) is 38.5 Å². The van der Waals surface area contributed by atoms with Crippen LogP contribution in [0.5, 0.6) is 0 Å². The molecule has 0 aliphatic rings. The zero-order valence-corrected chi connectivity index (χ0v) is 15.2. The summed E-state index contributed by atoms with van der Waals surface area (Å²) in [5.74, 6) is -1.34. The first-order valence-corrected chi connectivity index (χ1v) is 9.11. The smallest absolute Gasteiger partial charge is 0.354 e. The number of carboxylic acids is 1. The van der Waals surface area contributed by atoms with Crippen molar-refractivity contribution in [2.75, 3.05) is 0 Å². The number of nitrogens with one attached hydrogen (secondary N) is 1. The topological polar surface area (TPSA) is 66.0 Å². The number of aromatic carboxylic acids is 1. The van der Waals surface area contributed by atoms with Gasteiger partial charge in [-0.15, -0.1) is 0 Å². The number of carboxylic acid groups (broad SMARTS) is 1. The number of aromatic amines is 1. The Kier molecular flexibility index (Phi) is 3.88. The second-order valence-corrected chi connectivity index (χ2v) is 6.84. The van der Waals surface area contributed by atoms with Crippen molar-refractivity contribution in [3.8, 4) is 22.4 Å². The minimum atomic E-state index is -1.07. The number of halogens is 1. The minimum Gasteiger partial charge on any atom is -0.477 e. The second-order valence-electron chi connectivity index (χ2n) is 6.84. The van der Waals surface area contributed by atoms with Crippen LogP contribution in [0.2, 0.25) is 0 Å². The molecular formula is C24H15FN2O2. The summed E-state index contributed by atoms with van der Waals surface area (Å²) in [7, 11) is 0. The first-order valence-electron chi connectivity index (χ1n) is 9.11. The predicted molar refractivity (Wildman–Crippen MR) is 111 cm³/mol. The maximum atomic E-state index is 13.2. The summed E-state index contributed by atoms with van der Waals surface area (Å²) in [6, 6.07) is 23.3. The van der Waals surface area contributed by atoms with Crippen LogP contribution in [0.4, 0.5) is 4.39 Å². The Morgan fingerprint density at radius 2 is 1.45 bits per heavy atom. The molecule has 2 N–H and O–H groups in total. The van der Waals surface area contributed by atoms with Crippen LogP contribution in [-0.2, 0) is 0 Å². The number of fused-ring (bicyclic) bond motifs is 3. The van der Waals surface area contributed by atoms with Crippen LogP contribution in [0.3, 0.4) is 0 Å². The van der Waals surface area contributed by atoms with E-state index < -0.39 is 5.97 Å². The molecule has 0 aliphatic heterocycles. The lowest BCUT2D eigenvalue weighted by molar-refractivity contribution is 0.0691. The number of aromatic nitrogens is 2. The fraction of sp³-hybridized carbons (Fsp3) is 0. The minimum absolute atomic E-state index is 0.000126. The first-order chi connectivity index (χ1) is 14.1. The molecule has 5 rings (SSSR count). The van der Waals surface area contributed by atoms with Crippen LogP contribution in [0, 0.1) is 5.82 Å². The fourth-order valence-electron chi connectivity index (χ4n) is 3.63. The molecule has 4 nitrogen and oxygen atoms in total. The summed E-state index contributed by atoms with van der Waals surface area (Å²) < 4.78 is 13.2. The highest BCUT2D eigenvalue weighted by atomic mass is 19.1. The fourth-order valence-corrected chi connectivity index (χ4v) is 3.63. The Morgan fingerprint density at radius 1 is 0.828 bits per heavy atom. The summed E-state index contributed by atoms with van der Waals surface area (Å²) in [5.41, 5.74) is 4.95. The highest BCUT2D eigenvalue weighted by molar-refractivity contribution is 6.12. The SMILES string of the molecule is O=C(O)c1cc2c([nH]c3ccccc32)c(-c2ccc(-c3ccc(F)cc3)cc2)n1. The Hall–Kier alpha value is -3.99. The Balaban J connectivity index is 1.69. The van der Waals surface area contributed by atoms with E-state index in [1.54, 1.807) is 18.2 Å². The third-order valence-electron chi connectivity index (χ3n) is 5.05. The number of carbonyl (C=O) groups is 1. The largest absolute Gasteiger partial charge is 0.477 e. The quantitative estimate of drug-likeness (QED) is 0.409. The summed E-state index contributed by atoms with van der Waals surface area (Å²) >= 11 is 0. The van der Waals surface area contributed by atoms with Gasteiger partial charge in [-0.1, -0.05) is 54.6 Å². The van der Waals surface area contributed by atoms with E-state index in [1.807, 2.05) is 48.5 Å². The van der Waals surface area contributed by atoms with Crippen molar-refractivity contribution in [2.24, 2.45) is 0 Å². The molecule has 0 amide bonds. The van der Waals surface area contributed by atoms with E-state index in [-0.39, 0.29) is 11.5 Å². The van der Waals surface area contributed by atoms with E-state index in [4.69, 9.17) is 0 Å². The van der Waals surface area contributed by atoms with Crippen molar-refractivity contribution in [3.05, 3.63) is 90.4 Å². The molecule has 0 saturated heterocycles. The molecule has 0 radical (unpaired) electrons. The molecule has 0 aliphatic carbocycles. The molecule has 2 heterocycles. The van der Waals surface area contributed by atoms with Gasteiger partial charge in [-0.2, -0.15) is 0 Å². The number of rotatable bonds is 3. The maximum absolute atomic E-state index is 13.2. The number of nitrogens with zero attached hydrogens (tertiary/aromatic N) is 1. The highest BCUT2D eigenvalue weighted by Gasteiger charge is 2.16. The van der Waals surface area contributed by atoms with Gasteiger partial charge in [-0.05, 0) is 35.4 Å². The maximum Gasteiger partial charge on any atom is 0.354 e. The summed E-state index contributed by atoms with van der Waals surface area (Å²) in [4.78, 5) is 19.4. The van der Waals surface area contributed by atoms with Crippen LogP contribution in [0.15, 0.2) is 78.9 Å². The molecule has 5 aromatic rings. The molecule has 29 heavy (non-hydrogen) atoms. The number of para-hydroxylation sites is 1. The number of benzene rings is 3. The van der Waals surface area contributed by atoms with E-state index in [9.17, 15) is 14.3 Å². The van der Waals surface area contributed by atoms with Gasteiger partial charge in [-0.25, -0.2) is 14.2 Å². The third kappa shape index (κ3) is 2.93. The molecule has 0 atom stereocenters. The van der Waals surface area contributed by atoms with E-state index >= 15 is 0 Å². The van der Waals surface area contributed by atoms with Crippen LogP contribution in [-0.4, -0.2) is 21.0 Å². The van der Waals surface area contributed by atoms with Gasteiger partial charge in [0, 0.05) is 21.9 Å². The van der Waals surface area contributed by atoms with Gasteiger partial charge in [0.25, 0.3) is 0 Å². The zero-order chi connectivity index (χ0) is 20.0. The van der Waals surface area contributed by atoms with Gasteiger partial charge in [0.2, 0.25) is 0 Å².